The van der Waals surface area contributed by atoms with Crippen molar-refractivity contribution in [2.45, 2.75) is 31.6 Å². The summed E-state index contributed by atoms with van der Waals surface area (Å²) in [5.41, 5.74) is -0.583. The predicted molar refractivity (Wildman–Crippen MR) is 72.4 cm³/mol. The molecule has 0 aromatic carbocycles. The van der Waals surface area contributed by atoms with E-state index in [9.17, 15) is 13.2 Å². The molecule has 0 atom stereocenters. The second kappa shape index (κ2) is 6.31. The molecule has 0 fully saturated rings. The molecule has 7 heteroatoms. The zero-order valence-electron chi connectivity index (χ0n) is 11.1. The fourth-order valence-corrected chi connectivity index (χ4v) is 2.79. The second-order valence-electron chi connectivity index (χ2n) is 5.20. The number of aliphatic hydroxyl groups is 1. The van der Waals surface area contributed by atoms with Crippen molar-refractivity contribution in [1.29, 1.82) is 0 Å². The topological polar surface area (TPSA) is 99.3 Å². The maximum absolute atomic E-state index is 12.0. The van der Waals surface area contributed by atoms with E-state index in [4.69, 9.17) is 5.11 Å². The Morgan fingerprint density at radius 2 is 2.05 bits per heavy atom. The monoisotopic (exact) mass is 288 g/mol. The number of rotatable bonds is 7. The van der Waals surface area contributed by atoms with Gasteiger partial charge in [-0.05, 0) is 24.3 Å². The highest BCUT2D eigenvalue weighted by atomic mass is 32.2. The summed E-state index contributed by atoms with van der Waals surface area (Å²) in [6.45, 7) is 4.22. The average Bonchev–Trinajstić information content (AvgIpc) is 2.35. The molecule has 0 unspecified atom stereocenters. The Kier molecular flexibility index (Phi) is 5.28. The molecule has 108 valence electrons. The molecular formula is C12H20N2O4S. The van der Waals surface area contributed by atoms with Crippen molar-refractivity contribution in [3.8, 4) is 0 Å². The van der Waals surface area contributed by atoms with Crippen LogP contribution in [-0.4, -0.2) is 31.7 Å². The number of hydrogen-bond donors (Lipinski definition) is 3. The van der Waals surface area contributed by atoms with Gasteiger partial charge in [0.25, 0.3) is 0 Å². The lowest BCUT2D eigenvalue weighted by atomic mass is 9.88. The highest BCUT2D eigenvalue weighted by Gasteiger charge is 2.22. The van der Waals surface area contributed by atoms with Crippen LogP contribution in [0.1, 0.15) is 26.7 Å². The third kappa shape index (κ3) is 5.14. The molecular weight excluding hydrogens is 268 g/mol. The lowest BCUT2D eigenvalue weighted by molar-refractivity contribution is 0.242. The van der Waals surface area contributed by atoms with Crippen molar-refractivity contribution in [2.75, 3.05) is 13.2 Å². The first-order valence-corrected chi connectivity index (χ1v) is 7.54. The molecule has 3 N–H and O–H groups in total. The first kappa shape index (κ1) is 15.9. The Morgan fingerprint density at radius 1 is 1.37 bits per heavy atom. The van der Waals surface area contributed by atoms with Crippen LogP contribution in [0.15, 0.2) is 28.0 Å². The van der Waals surface area contributed by atoms with Crippen LogP contribution in [0.5, 0.6) is 0 Å². The molecule has 0 spiro atoms. The van der Waals surface area contributed by atoms with E-state index in [0.717, 1.165) is 6.42 Å². The summed E-state index contributed by atoms with van der Waals surface area (Å²) in [5.74, 6) is 0. The Hall–Kier alpha value is -1.18. The first-order chi connectivity index (χ1) is 8.77. The van der Waals surface area contributed by atoms with E-state index in [0.29, 0.717) is 6.42 Å². The van der Waals surface area contributed by atoms with Gasteiger partial charge in [-0.25, -0.2) is 13.1 Å². The third-order valence-corrected chi connectivity index (χ3v) is 4.22. The summed E-state index contributed by atoms with van der Waals surface area (Å²) in [5, 5.41) is 8.79. The minimum atomic E-state index is -3.62. The van der Waals surface area contributed by atoms with E-state index < -0.39 is 10.0 Å². The molecule has 0 aliphatic carbocycles. The molecule has 0 radical (unpaired) electrons. The number of pyridine rings is 1. The molecule has 0 amide bonds. The molecule has 1 heterocycles. The van der Waals surface area contributed by atoms with Crippen molar-refractivity contribution in [1.82, 2.24) is 9.71 Å². The molecule has 19 heavy (non-hydrogen) atoms. The van der Waals surface area contributed by atoms with E-state index in [1.54, 1.807) is 0 Å². The van der Waals surface area contributed by atoms with Crippen LogP contribution in [0, 0.1) is 5.41 Å². The summed E-state index contributed by atoms with van der Waals surface area (Å²) in [7, 11) is -3.62. The van der Waals surface area contributed by atoms with Crippen molar-refractivity contribution in [3.63, 3.8) is 0 Å². The predicted octanol–water partition coefficient (Wildman–Crippen LogP) is 0.452. The van der Waals surface area contributed by atoms with Crippen LogP contribution in [0.4, 0.5) is 0 Å². The fourth-order valence-electron chi connectivity index (χ4n) is 1.58. The van der Waals surface area contributed by atoms with E-state index in [2.05, 4.69) is 9.71 Å². The Morgan fingerprint density at radius 3 is 2.58 bits per heavy atom. The van der Waals surface area contributed by atoms with E-state index in [-0.39, 0.29) is 29.0 Å². The van der Waals surface area contributed by atoms with E-state index in [1.165, 1.54) is 18.3 Å². The molecule has 0 aliphatic heterocycles. The smallest absolute Gasteiger partial charge is 0.247 e. The van der Waals surface area contributed by atoms with Crippen LogP contribution in [-0.2, 0) is 10.0 Å². The summed E-state index contributed by atoms with van der Waals surface area (Å²) in [6, 6.07) is 2.44. The molecule has 1 aromatic heterocycles. The summed E-state index contributed by atoms with van der Waals surface area (Å²) in [4.78, 5) is 13.3. The van der Waals surface area contributed by atoms with E-state index in [1.807, 2.05) is 13.8 Å². The zero-order valence-corrected chi connectivity index (χ0v) is 12.0. The van der Waals surface area contributed by atoms with Gasteiger partial charge >= 0.3 is 0 Å². The van der Waals surface area contributed by atoms with Crippen molar-refractivity contribution < 1.29 is 13.5 Å². The molecule has 0 saturated carbocycles. The molecule has 1 rings (SSSR count). The molecule has 0 saturated heterocycles. The van der Waals surface area contributed by atoms with Crippen LogP contribution >= 0.6 is 0 Å². The Balaban J connectivity index is 2.70. The summed E-state index contributed by atoms with van der Waals surface area (Å²) < 4.78 is 26.5. The molecule has 0 aliphatic rings. The lowest BCUT2D eigenvalue weighted by Crippen LogP contribution is -2.34. The minimum Gasteiger partial charge on any atom is -0.396 e. The summed E-state index contributed by atoms with van der Waals surface area (Å²) in [6.07, 6.45) is 2.52. The standard InChI is InChI=1S/C12H20N2O4S/c1-12(2,6-3-7-15)9-14-19(17,18)10-4-5-11(16)13-8-10/h4-5,8,14-15H,3,6-7,9H2,1-2H3,(H,13,16). The van der Waals surface area contributed by atoms with Crippen molar-refractivity contribution in [2.24, 2.45) is 5.41 Å². The number of sulfonamides is 1. The van der Waals surface area contributed by atoms with Gasteiger partial charge < -0.3 is 10.1 Å². The lowest BCUT2D eigenvalue weighted by Gasteiger charge is -2.24. The van der Waals surface area contributed by atoms with Gasteiger partial charge in [0, 0.05) is 25.4 Å². The SMILES string of the molecule is CC(C)(CCCO)CNS(=O)(=O)c1ccc(=O)[nH]c1. The van der Waals surface area contributed by atoms with Gasteiger partial charge in [-0.1, -0.05) is 13.8 Å². The highest BCUT2D eigenvalue weighted by Crippen LogP contribution is 2.21. The van der Waals surface area contributed by atoms with Gasteiger partial charge in [0.15, 0.2) is 0 Å². The number of H-pyrrole nitrogens is 1. The van der Waals surface area contributed by atoms with Gasteiger partial charge in [-0.3, -0.25) is 4.79 Å². The first-order valence-electron chi connectivity index (χ1n) is 6.06. The zero-order chi connectivity index (χ0) is 14.5. The van der Waals surface area contributed by atoms with Crippen LogP contribution < -0.4 is 10.3 Å². The van der Waals surface area contributed by atoms with Crippen LogP contribution in [0.2, 0.25) is 0 Å². The van der Waals surface area contributed by atoms with Crippen molar-refractivity contribution >= 4 is 10.0 Å². The number of hydrogen-bond acceptors (Lipinski definition) is 4. The summed E-state index contributed by atoms with van der Waals surface area (Å²) >= 11 is 0. The normalized spacial score (nSPS) is 12.6. The number of aliphatic hydroxyl groups excluding tert-OH is 1. The Labute approximate surface area is 112 Å². The van der Waals surface area contributed by atoms with Crippen molar-refractivity contribution in [3.05, 3.63) is 28.7 Å². The van der Waals surface area contributed by atoms with Gasteiger partial charge in [-0.15, -0.1) is 0 Å². The number of nitrogens with one attached hydrogen (secondary N) is 2. The maximum Gasteiger partial charge on any atom is 0.247 e. The van der Waals surface area contributed by atoms with Gasteiger partial charge in [0.2, 0.25) is 15.6 Å². The van der Waals surface area contributed by atoms with Crippen LogP contribution in [0.25, 0.3) is 0 Å². The quantitative estimate of drug-likeness (QED) is 0.678. The molecule has 0 bridgehead atoms. The molecule has 1 aromatic rings. The molecule has 6 nitrogen and oxygen atoms in total. The van der Waals surface area contributed by atoms with Gasteiger partial charge in [0.05, 0.1) is 4.90 Å². The average molecular weight is 288 g/mol. The second-order valence-corrected chi connectivity index (χ2v) is 6.97. The number of aromatic nitrogens is 1. The largest absolute Gasteiger partial charge is 0.396 e. The van der Waals surface area contributed by atoms with Crippen LogP contribution in [0.3, 0.4) is 0 Å². The van der Waals surface area contributed by atoms with Gasteiger partial charge in [-0.2, -0.15) is 0 Å². The van der Waals surface area contributed by atoms with Gasteiger partial charge in [0.1, 0.15) is 0 Å². The fraction of sp³-hybridized carbons (Fsp3) is 0.583. The third-order valence-electron chi connectivity index (χ3n) is 2.82. The minimum absolute atomic E-state index is 0.0325. The maximum atomic E-state index is 12.0. The van der Waals surface area contributed by atoms with E-state index >= 15 is 0 Å². The highest BCUT2D eigenvalue weighted by molar-refractivity contribution is 7.89. The number of aromatic amines is 1. The Bertz CT molecular complexity index is 543.